The summed E-state index contributed by atoms with van der Waals surface area (Å²) in [6, 6.07) is 2.61. The molecule has 0 spiro atoms. The highest BCUT2D eigenvalue weighted by molar-refractivity contribution is 5.92. The predicted molar refractivity (Wildman–Crippen MR) is 63.4 cm³/mol. The van der Waals surface area contributed by atoms with Crippen molar-refractivity contribution in [3.8, 4) is 0 Å². The van der Waals surface area contributed by atoms with Crippen molar-refractivity contribution in [2.24, 2.45) is 5.73 Å². The molecule has 4 nitrogen and oxygen atoms in total. The van der Waals surface area contributed by atoms with Crippen LogP contribution in [-0.4, -0.2) is 28.6 Å². The number of aromatic nitrogens is 1. The van der Waals surface area contributed by atoms with E-state index in [0.29, 0.717) is 0 Å². The first kappa shape index (κ1) is 15.7. The third kappa shape index (κ3) is 5.09. The number of hydrogen-bond donors (Lipinski definition) is 1. The highest BCUT2D eigenvalue weighted by atomic mass is 19.4. The Labute approximate surface area is 112 Å². The van der Waals surface area contributed by atoms with E-state index in [2.05, 4.69) is 4.98 Å². The lowest BCUT2D eigenvalue weighted by atomic mass is 10.2. The average Bonchev–Trinajstić information content (AvgIpc) is 2.39. The molecule has 108 valence electrons. The van der Waals surface area contributed by atoms with Gasteiger partial charge >= 0.3 is 6.30 Å². The van der Waals surface area contributed by atoms with E-state index in [1.165, 1.54) is 30.6 Å². The lowest BCUT2D eigenvalue weighted by Gasteiger charge is -2.25. The zero-order valence-corrected chi connectivity index (χ0v) is 10.1. The summed E-state index contributed by atoms with van der Waals surface area (Å²) in [5.74, 6) is -1.08. The molecule has 0 atom stereocenters. The molecule has 1 aliphatic rings. The molecule has 8 heteroatoms. The second-order valence-corrected chi connectivity index (χ2v) is 3.66. The van der Waals surface area contributed by atoms with E-state index >= 15 is 0 Å². The van der Waals surface area contributed by atoms with Crippen LogP contribution in [0.2, 0.25) is 0 Å². The van der Waals surface area contributed by atoms with Crippen molar-refractivity contribution in [2.75, 3.05) is 6.54 Å². The van der Waals surface area contributed by atoms with E-state index in [1.54, 1.807) is 0 Å². The van der Waals surface area contributed by atoms with E-state index < -0.39 is 18.8 Å². The molecule has 2 N–H and O–H groups in total. The number of nitrogens with zero attached hydrogens (tertiary/aromatic N) is 2. The van der Waals surface area contributed by atoms with Gasteiger partial charge in [-0.15, -0.1) is 0 Å². The molecule has 1 aliphatic heterocycles. The van der Waals surface area contributed by atoms with Crippen LogP contribution in [-0.2, 0) is 4.79 Å². The van der Waals surface area contributed by atoms with Gasteiger partial charge in [0.15, 0.2) is 0 Å². The Morgan fingerprint density at radius 2 is 1.90 bits per heavy atom. The Morgan fingerprint density at radius 1 is 1.30 bits per heavy atom. The maximum Gasteiger partial charge on any atom is 0.484 e. The van der Waals surface area contributed by atoms with Gasteiger partial charge in [0, 0.05) is 24.2 Å². The largest absolute Gasteiger partial charge is 0.484 e. The van der Waals surface area contributed by atoms with Gasteiger partial charge in [0.1, 0.15) is 5.82 Å². The van der Waals surface area contributed by atoms with Crippen LogP contribution in [0.4, 0.5) is 17.6 Å². The predicted octanol–water partition coefficient (Wildman–Crippen LogP) is 1.97. The van der Waals surface area contributed by atoms with E-state index in [1.807, 2.05) is 0 Å². The minimum atomic E-state index is -4.47. The van der Waals surface area contributed by atoms with E-state index in [9.17, 15) is 22.4 Å². The van der Waals surface area contributed by atoms with Gasteiger partial charge in [0.05, 0.1) is 6.54 Å². The molecule has 0 bridgehead atoms. The van der Waals surface area contributed by atoms with Crippen molar-refractivity contribution in [2.45, 2.75) is 6.30 Å². The first-order valence-electron chi connectivity index (χ1n) is 5.37. The molecule has 0 aromatic carbocycles. The lowest BCUT2D eigenvalue weighted by molar-refractivity contribution is -0.225. The van der Waals surface area contributed by atoms with Gasteiger partial charge in [-0.2, -0.15) is 13.2 Å². The number of hydrogen-bond acceptors (Lipinski definition) is 3. The summed E-state index contributed by atoms with van der Waals surface area (Å²) in [7, 11) is 0. The lowest BCUT2D eigenvalue weighted by Crippen LogP contribution is -2.38. The molecule has 0 saturated carbocycles. The Morgan fingerprint density at radius 3 is 2.30 bits per heavy atom. The Bertz CT molecular complexity index is 511. The fourth-order valence-corrected chi connectivity index (χ4v) is 1.22. The topological polar surface area (TPSA) is 59.2 Å². The second kappa shape index (κ2) is 6.69. The molecule has 1 aromatic rings. The Kier molecular flexibility index (Phi) is 5.24. The van der Waals surface area contributed by atoms with Gasteiger partial charge in [0.2, 0.25) is 5.91 Å². The van der Waals surface area contributed by atoms with E-state index in [4.69, 9.17) is 5.73 Å². The maximum absolute atomic E-state index is 12.1. The van der Waals surface area contributed by atoms with E-state index in [0.717, 1.165) is 12.3 Å². The average molecular weight is 289 g/mol. The van der Waals surface area contributed by atoms with E-state index in [-0.39, 0.29) is 16.3 Å². The zero-order chi connectivity index (χ0) is 15.2. The maximum atomic E-state index is 12.1. The molecule has 0 fully saturated rings. The minimum absolute atomic E-state index is 0.0557. The third-order valence-corrected chi connectivity index (χ3v) is 2.19. The Balaban J connectivity index is 0.000000240. The molecule has 2 heterocycles. The van der Waals surface area contributed by atoms with Gasteiger partial charge in [0.25, 0.3) is 0 Å². The van der Waals surface area contributed by atoms with Crippen LogP contribution < -0.4 is 5.73 Å². The van der Waals surface area contributed by atoms with Crippen LogP contribution in [0.25, 0.3) is 0 Å². The highest BCUT2D eigenvalue weighted by Crippen LogP contribution is 2.24. The number of allylic oxidation sites excluding steroid dienone is 2. The van der Waals surface area contributed by atoms with Gasteiger partial charge in [-0.25, -0.2) is 4.39 Å². The normalized spacial score (nSPS) is 14.2. The van der Waals surface area contributed by atoms with Gasteiger partial charge < -0.3 is 5.73 Å². The van der Waals surface area contributed by atoms with Crippen molar-refractivity contribution < 1.29 is 22.4 Å². The number of halogens is 4. The van der Waals surface area contributed by atoms with Crippen LogP contribution in [0.15, 0.2) is 48.5 Å². The van der Waals surface area contributed by atoms with Crippen molar-refractivity contribution in [3.05, 3.63) is 54.3 Å². The number of pyridine rings is 1. The summed E-state index contributed by atoms with van der Waals surface area (Å²) in [5.41, 5.74) is 4.78. The third-order valence-electron chi connectivity index (χ3n) is 2.19. The van der Waals surface area contributed by atoms with Gasteiger partial charge in [-0.1, -0.05) is 6.08 Å². The molecule has 1 aromatic heterocycles. The van der Waals surface area contributed by atoms with Crippen molar-refractivity contribution in [1.82, 2.24) is 9.88 Å². The monoisotopic (exact) mass is 289 g/mol. The SMILES string of the molecule is Fc1ccncc1.NC(=O)C1=CC=CN(C(F)(F)F)C1. The molecule has 0 aliphatic carbocycles. The van der Waals surface area contributed by atoms with Crippen LogP contribution in [0, 0.1) is 5.82 Å². The summed E-state index contributed by atoms with van der Waals surface area (Å²) in [4.78, 5) is 14.2. The molecule has 1 amide bonds. The summed E-state index contributed by atoms with van der Waals surface area (Å²) in [6.45, 7) is -0.519. The molecule has 20 heavy (non-hydrogen) atoms. The van der Waals surface area contributed by atoms with Crippen molar-refractivity contribution >= 4 is 5.91 Å². The highest BCUT2D eigenvalue weighted by Gasteiger charge is 2.36. The van der Waals surface area contributed by atoms with Crippen LogP contribution in [0.3, 0.4) is 0 Å². The first-order valence-corrected chi connectivity index (χ1v) is 5.37. The number of rotatable bonds is 1. The molecule has 0 radical (unpaired) electrons. The fraction of sp³-hybridized carbons (Fsp3) is 0.167. The van der Waals surface area contributed by atoms with Crippen molar-refractivity contribution in [3.63, 3.8) is 0 Å². The standard InChI is InChI=1S/C7H7F3N2O.C5H4FN/c8-7(9,10)12-3-1-2-5(4-12)6(11)13;6-5-1-3-7-4-2-5/h1-3H,4H2,(H2,11,13);1-4H. The number of alkyl halides is 3. The van der Waals surface area contributed by atoms with Crippen LogP contribution in [0.5, 0.6) is 0 Å². The fourth-order valence-electron chi connectivity index (χ4n) is 1.22. The smallest absolute Gasteiger partial charge is 0.366 e. The zero-order valence-electron chi connectivity index (χ0n) is 10.1. The summed E-state index contributed by atoms with van der Waals surface area (Å²) >= 11 is 0. The number of primary amides is 1. The summed E-state index contributed by atoms with van der Waals surface area (Å²) in [5, 5.41) is 0. The van der Waals surface area contributed by atoms with Gasteiger partial charge in [-0.3, -0.25) is 14.7 Å². The number of carbonyl (C=O) groups excluding carboxylic acids is 1. The van der Waals surface area contributed by atoms with Gasteiger partial charge in [-0.05, 0) is 18.2 Å². The quantitative estimate of drug-likeness (QED) is 0.635. The molecular weight excluding hydrogens is 278 g/mol. The van der Waals surface area contributed by atoms with Crippen LogP contribution in [0.1, 0.15) is 0 Å². The second-order valence-electron chi connectivity index (χ2n) is 3.66. The summed E-state index contributed by atoms with van der Waals surface area (Å²) in [6.07, 6.45) is 1.62. The number of carbonyl (C=O) groups is 1. The summed E-state index contributed by atoms with van der Waals surface area (Å²) < 4.78 is 48.1. The van der Waals surface area contributed by atoms with Crippen molar-refractivity contribution in [1.29, 1.82) is 0 Å². The minimum Gasteiger partial charge on any atom is -0.366 e. The molecule has 2 rings (SSSR count). The first-order chi connectivity index (χ1) is 9.30. The van der Waals surface area contributed by atoms with Crippen LogP contribution >= 0.6 is 0 Å². The Hall–Kier alpha value is -2.38. The number of amides is 1. The molecule has 0 unspecified atom stereocenters. The molecular formula is C12H11F4N3O. The molecule has 0 saturated heterocycles. The number of nitrogens with two attached hydrogens (primary N) is 1.